The van der Waals surface area contributed by atoms with Crippen molar-refractivity contribution in [2.75, 3.05) is 13.2 Å². The van der Waals surface area contributed by atoms with Gasteiger partial charge in [-0.2, -0.15) is 0 Å². The number of benzene rings is 3. The van der Waals surface area contributed by atoms with Gasteiger partial charge in [-0.1, -0.05) is 36.4 Å². The monoisotopic (exact) mass is 484 g/mol. The molecule has 2 heterocycles. The van der Waals surface area contributed by atoms with Gasteiger partial charge in [-0.05, 0) is 60.9 Å². The van der Waals surface area contributed by atoms with E-state index in [4.69, 9.17) is 9.47 Å². The molecule has 0 spiro atoms. The summed E-state index contributed by atoms with van der Waals surface area (Å²) in [6, 6.07) is 21.0. The number of fused-ring (bicyclic) bond motifs is 3. The van der Waals surface area contributed by atoms with Crippen LogP contribution in [0, 0.1) is 5.82 Å². The van der Waals surface area contributed by atoms with Crippen LogP contribution in [0.3, 0.4) is 0 Å². The fourth-order valence-electron chi connectivity index (χ4n) is 4.42. The number of amides is 1. The first-order valence-corrected chi connectivity index (χ1v) is 11.8. The van der Waals surface area contributed by atoms with Crippen molar-refractivity contribution in [3.8, 4) is 5.75 Å². The standard InChI is InChI=1S/C29H25FN2O4/c1-2-35-29(34)23-17-32(28(33)20-11-13-21(30)14-12-20)16-15-22-26-24(31-27(22)23)9-6-10-25(26)36-18-19-7-4-3-5-8-19/h3-14,17,31H,2,15-16,18H2,1H3. The number of aromatic amines is 1. The molecule has 3 aromatic carbocycles. The number of esters is 1. The molecule has 6 nitrogen and oxygen atoms in total. The van der Waals surface area contributed by atoms with Crippen molar-refractivity contribution in [3.63, 3.8) is 0 Å². The molecule has 1 aliphatic rings. The molecular formula is C29H25FN2O4. The Labute approximate surface area is 208 Å². The van der Waals surface area contributed by atoms with Crippen LogP contribution >= 0.6 is 0 Å². The summed E-state index contributed by atoms with van der Waals surface area (Å²) in [7, 11) is 0. The maximum absolute atomic E-state index is 13.4. The van der Waals surface area contributed by atoms with Crippen LogP contribution in [0.25, 0.3) is 16.5 Å². The summed E-state index contributed by atoms with van der Waals surface area (Å²) in [4.78, 5) is 31.1. The highest BCUT2D eigenvalue weighted by molar-refractivity contribution is 6.18. The second-order valence-electron chi connectivity index (χ2n) is 8.45. The van der Waals surface area contributed by atoms with Crippen LogP contribution in [0.5, 0.6) is 5.75 Å². The van der Waals surface area contributed by atoms with Gasteiger partial charge in [0.05, 0.1) is 17.9 Å². The van der Waals surface area contributed by atoms with Gasteiger partial charge in [0.1, 0.15) is 18.2 Å². The number of H-pyrrole nitrogens is 1. The average Bonchev–Trinajstić information content (AvgIpc) is 3.16. The molecule has 0 bridgehead atoms. The molecule has 0 unspecified atom stereocenters. The Morgan fingerprint density at radius 2 is 1.78 bits per heavy atom. The fourth-order valence-corrected chi connectivity index (χ4v) is 4.42. The lowest BCUT2D eigenvalue weighted by molar-refractivity contribution is -0.136. The summed E-state index contributed by atoms with van der Waals surface area (Å²) in [5.41, 5.74) is 3.94. The summed E-state index contributed by atoms with van der Waals surface area (Å²) in [6.45, 7) is 2.66. The van der Waals surface area contributed by atoms with Gasteiger partial charge in [0.15, 0.2) is 0 Å². The molecular weight excluding hydrogens is 459 g/mol. The third-order valence-corrected chi connectivity index (χ3v) is 6.13. The zero-order chi connectivity index (χ0) is 25.1. The first kappa shape index (κ1) is 23.4. The van der Waals surface area contributed by atoms with Gasteiger partial charge < -0.3 is 19.4 Å². The number of hydrogen-bond donors (Lipinski definition) is 1. The molecule has 5 rings (SSSR count). The maximum atomic E-state index is 13.4. The van der Waals surface area contributed by atoms with E-state index in [0.717, 1.165) is 22.0 Å². The third-order valence-electron chi connectivity index (χ3n) is 6.13. The molecule has 182 valence electrons. The number of aromatic nitrogens is 1. The number of halogens is 1. The Kier molecular flexibility index (Phi) is 6.54. The van der Waals surface area contributed by atoms with Crippen LogP contribution in [0.1, 0.15) is 34.1 Å². The van der Waals surface area contributed by atoms with Crippen LogP contribution in [0.2, 0.25) is 0 Å². The van der Waals surface area contributed by atoms with Crippen molar-refractivity contribution in [2.24, 2.45) is 0 Å². The van der Waals surface area contributed by atoms with Crippen molar-refractivity contribution in [1.82, 2.24) is 9.88 Å². The minimum absolute atomic E-state index is 0.198. The van der Waals surface area contributed by atoms with Crippen molar-refractivity contribution >= 4 is 28.4 Å². The first-order valence-electron chi connectivity index (χ1n) is 11.8. The number of nitrogens with zero attached hydrogens (tertiary/aromatic N) is 1. The molecule has 0 radical (unpaired) electrons. The molecule has 0 saturated heterocycles. The van der Waals surface area contributed by atoms with Crippen LogP contribution in [-0.4, -0.2) is 34.9 Å². The number of carbonyl (C=O) groups excluding carboxylic acids is 2. The second kappa shape index (κ2) is 10.1. The van der Waals surface area contributed by atoms with E-state index < -0.39 is 11.8 Å². The Morgan fingerprint density at radius 1 is 1.00 bits per heavy atom. The fraction of sp³-hybridized carbons (Fsp3) is 0.172. The molecule has 36 heavy (non-hydrogen) atoms. The molecule has 0 atom stereocenters. The Bertz CT molecular complexity index is 1440. The zero-order valence-corrected chi connectivity index (χ0v) is 19.8. The van der Waals surface area contributed by atoms with E-state index in [9.17, 15) is 14.0 Å². The predicted molar refractivity (Wildman–Crippen MR) is 135 cm³/mol. The van der Waals surface area contributed by atoms with Crippen molar-refractivity contribution in [1.29, 1.82) is 0 Å². The van der Waals surface area contributed by atoms with E-state index >= 15 is 0 Å². The van der Waals surface area contributed by atoms with Gasteiger partial charge in [0, 0.05) is 29.2 Å². The van der Waals surface area contributed by atoms with E-state index in [-0.39, 0.29) is 18.1 Å². The van der Waals surface area contributed by atoms with E-state index in [2.05, 4.69) is 4.98 Å². The Morgan fingerprint density at radius 3 is 2.53 bits per heavy atom. The lowest BCUT2D eigenvalue weighted by atomic mass is 10.0. The number of hydrogen-bond acceptors (Lipinski definition) is 4. The molecule has 0 fully saturated rings. The minimum Gasteiger partial charge on any atom is -0.488 e. The highest BCUT2D eigenvalue weighted by Gasteiger charge is 2.29. The van der Waals surface area contributed by atoms with Gasteiger partial charge in [-0.3, -0.25) is 4.79 Å². The van der Waals surface area contributed by atoms with Crippen LogP contribution in [0.4, 0.5) is 4.39 Å². The van der Waals surface area contributed by atoms with Gasteiger partial charge in [0.25, 0.3) is 5.91 Å². The molecule has 1 N–H and O–H groups in total. The lowest BCUT2D eigenvalue weighted by Crippen LogP contribution is -2.28. The van der Waals surface area contributed by atoms with E-state index in [1.54, 1.807) is 6.92 Å². The van der Waals surface area contributed by atoms with Gasteiger partial charge in [-0.25, -0.2) is 9.18 Å². The van der Waals surface area contributed by atoms with Gasteiger partial charge in [0.2, 0.25) is 0 Å². The maximum Gasteiger partial charge on any atom is 0.341 e. The zero-order valence-electron chi connectivity index (χ0n) is 19.8. The molecule has 4 aromatic rings. The SMILES string of the molecule is CCOC(=O)C1=CN(C(=O)c2ccc(F)cc2)CCc2c1[nH]c1cccc(OCc3ccccc3)c21. The first-order chi connectivity index (χ1) is 17.5. The number of rotatable bonds is 6. The van der Waals surface area contributed by atoms with E-state index in [0.29, 0.717) is 36.6 Å². The highest BCUT2D eigenvalue weighted by Crippen LogP contribution is 2.37. The van der Waals surface area contributed by atoms with Gasteiger partial charge >= 0.3 is 5.97 Å². The predicted octanol–water partition coefficient (Wildman–Crippen LogP) is 5.49. The van der Waals surface area contributed by atoms with E-state index in [1.807, 2.05) is 48.5 Å². The van der Waals surface area contributed by atoms with Crippen molar-refractivity contribution in [2.45, 2.75) is 20.0 Å². The number of nitrogens with one attached hydrogen (secondary N) is 1. The quantitative estimate of drug-likeness (QED) is 0.368. The number of carbonyl (C=O) groups is 2. The molecule has 1 aromatic heterocycles. The van der Waals surface area contributed by atoms with Crippen LogP contribution in [-0.2, 0) is 22.6 Å². The highest BCUT2D eigenvalue weighted by atomic mass is 19.1. The average molecular weight is 485 g/mol. The van der Waals surface area contributed by atoms with E-state index in [1.165, 1.54) is 35.4 Å². The smallest absolute Gasteiger partial charge is 0.341 e. The van der Waals surface area contributed by atoms with Crippen molar-refractivity contribution in [3.05, 3.63) is 107 Å². The largest absolute Gasteiger partial charge is 0.488 e. The molecule has 0 saturated carbocycles. The Balaban J connectivity index is 1.54. The summed E-state index contributed by atoms with van der Waals surface area (Å²) in [5, 5.41) is 0.870. The lowest BCUT2D eigenvalue weighted by Gasteiger charge is -2.18. The summed E-state index contributed by atoms with van der Waals surface area (Å²) in [6.07, 6.45) is 2.00. The topological polar surface area (TPSA) is 71.6 Å². The van der Waals surface area contributed by atoms with Gasteiger partial charge in [-0.15, -0.1) is 0 Å². The summed E-state index contributed by atoms with van der Waals surface area (Å²) >= 11 is 0. The van der Waals surface area contributed by atoms with Crippen LogP contribution in [0.15, 0.2) is 79.0 Å². The minimum atomic E-state index is -0.532. The normalized spacial score (nSPS) is 13.1. The summed E-state index contributed by atoms with van der Waals surface area (Å²) < 4.78 is 24.9. The van der Waals surface area contributed by atoms with Crippen LogP contribution < -0.4 is 4.74 Å². The number of ether oxygens (including phenoxy) is 2. The molecule has 1 aliphatic heterocycles. The third kappa shape index (κ3) is 4.60. The molecule has 0 aliphatic carbocycles. The molecule has 7 heteroatoms. The summed E-state index contributed by atoms with van der Waals surface area (Å²) in [5.74, 6) is -0.590. The Hall–Kier alpha value is -4.39. The molecule has 1 amide bonds. The van der Waals surface area contributed by atoms with Crippen molar-refractivity contribution < 1.29 is 23.5 Å². The second-order valence-corrected chi connectivity index (χ2v) is 8.45.